The van der Waals surface area contributed by atoms with E-state index in [1.165, 1.54) is 0 Å². The maximum absolute atomic E-state index is 12.2. The second kappa shape index (κ2) is 7.35. The van der Waals surface area contributed by atoms with Gasteiger partial charge in [0.2, 0.25) is 0 Å². The number of pyridine rings is 1. The molecule has 0 atom stereocenters. The van der Waals surface area contributed by atoms with Crippen LogP contribution in [0.5, 0.6) is 0 Å². The van der Waals surface area contributed by atoms with E-state index in [1.54, 1.807) is 28.9 Å². The Morgan fingerprint density at radius 3 is 3.00 bits per heavy atom. The maximum atomic E-state index is 12.2. The number of rotatable bonds is 6. The number of hydrogen-bond donors (Lipinski definition) is 0. The molecule has 0 saturated carbocycles. The molecule has 2 heterocycles. The molecule has 0 aliphatic carbocycles. The number of carbonyl (C=O) groups is 1. The van der Waals surface area contributed by atoms with Crippen molar-refractivity contribution in [1.82, 2.24) is 25.2 Å². The fourth-order valence-electron chi connectivity index (χ4n) is 2.25. The fourth-order valence-corrected chi connectivity index (χ4v) is 2.40. The summed E-state index contributed by atoms with van der Waals surface area (Å²) in [5.74, 6) is 0.0999. The van der Waals surface area contributed by atoms with E-state index in [1.807, 2.05) is 6.07 Å². The van der Waals surface area contributed by atoms with E-state index < -0.39 is 5.97 Å². The monoisotopic (exact) mass is 345 g/mol. The molecule has 3 rings (SSSR count). The van der Waals surface area contributed by atoms with E-state index in [4.69, 9.17) is 16.3 Å². The van der Waals surface area contributed by atoms with Crippen molar-refractivity contribution >= 4 is 28.5 Å². The van der Waals surface area contributed by atoms with Gasteiger partial charge in [-0.05, 0) is 47.2 Å². The van der Waals surface area contributed by atoms with E-state index in [0.29, 0.717) is 23.1 Å². The summed E-state index contributed by atoms with van der Waals surface area (Å²) in [5, 5.41) is 12.7. The number of ether oxygens (including phenoxy) is 1. The van der Waals surface area contributed by atoms with Gasteiger partial charge in [-0.15, -0.1) is 5.10 Å². The number of nitrogens with zero attached hydrogens (tertiary/aromatic N) is 5. The predicted molar refractivity (Wildman–Crippen MR) is 88.6 cm³/mol. The number of fused-ring (bicyclic) bond motifs is 1. The van der Waals surface area contributed by atoms with Crippen LogP contribution in [0.1, 0.15) is 35.9 Å². The van der Waals surface area contributed by atoms with Crippen molar-refractivity contribution in [1.29, 1.82) is 0 Å². The van der Waals surface area contributed by atoms with Crippen LogP contribution in [0.25, 0.3) is 10.9 Å². The highest BCUT2D eigenvalue weighted by Gasteiger charge is 2.12. The molecular weight excluding hydrogens is 330 g/mol. The van der Waals surface area contributed by atoms with Crippen molar-refractivity contribution in [2.24, 2.45) is 0 Å². The van der Waals surface area contributed by atoms with Crippen molar-refractivity contribution in [3.63, 3.8) is 0 Å². The minimum absolute atomic E-state index is 0.0342. The third-order valence-electron chi connectivity index (χ3n) is 3.55. The molecule has 2 aromatic heterocycles. The SMILES string of the molecule is CCCCn1nnnc1COC(=O)c1ccc2nc(Cl)ccc2c1. The lowest BCUT2D eigenvalue weighted by atomic mass is 10.1. The minimum atomic E-state index is -0.433. The Bertz CT molecular complexity index is 865. The zero-order chi connectivity index (χ0) is 16.9. The standard InChI is InChI=1S/C16H16ClN5O2/c1-2-3-8-22-15(19-20-21-22)10-24-16(23)12-4-6-13-11(9-12)5-7-14(17)18-13/h4-7,9H,2-3,8,10H2,1H3. The predicted octanol–water partition coefficient (Wildman–Crippen LogP) is 3.03. The van der Waals surface area contributed by atoms with Crippen molar-refractivity contribution in [3.8, 4) is 0 Å². The van der Waals surface area contributed by atoms with Crippen molar-refractivity contribution < 1.29 is 9.53 Å². The lowest BCUT2D eigenvalue weighted by Crippen LogP contribution is -2.11. The van der Waals surface area contributed by atoms with Gasteiger partial charge in [0, 0.05) is 11.9 Å². The number of tetrazole rings is 1. The summed E-state index contributed by atoms with van der Waals surface area (Å²) in [4.78, 5) is 16.4. The Morgan fingerprint density at radius 1 is 1.29 bits per heavy atom. The van der Waals surface area contributed by atoms with Crippen LogP contribution in [-0.2, 0) is 17.9 Å². The first-order valence-corrected chi connectivity index (χ1v) is 8.03. The molecule has 7 nitrogen and oxygen atoms in total. The normalized spacial score (nSPS) is 10.9. The molecule has 0 bridgehead atoms. The minimum Gasteiger partial charge on any atom is -0.454 e. The number of esters is 1. The quantitative estimate of drug-likeness (QED) is 0.504. The molecule has 0 aliphatic heterocycles. The van der Waals surface area contributed by atoms with E-state index in [-0.39, 0.29) is 6.61 Å². The molecule has 0 radical (unpaired) electrons. The third kappa shape index (κ3) is 3.68. The molecule has 0 amide bonds. The van der Waals surface area contributed by atoms with E-state index in [0.717, 1.165) is 23.7 Å². The molecule has 1 aromatic carbocycles. The van der Waals surface area contributed by atoms with Crippen LogP contribution in [0.4, 0.5) is 0 Å². The van der Waals surface area contributed by atoms with E-state index in [9.17, 15) is 4.79 Å². The molecule has 0 saturated heterocycles. The van der Waals surface area contributed by atoms with Gasteiger partial charge in [0.1, 0.15) is 5.15 Å². The first kappa shape index (κ1) is 16.3. The number of hydrogen-bond acceptors (Lipinski definition) is 6. The Morgan fingerprint density at radius 2 is 2.17 bits per heavy atom. The second-order valence-electron chi connectivity index (χ2n) is 5.29. The molecule has 0 N–H and O–H groups in total. The summed E-state index contributed by atoms with van der Waals surface area (Å²) in [5.41, 5.74) is 1.17. The first-order valence-electron chi connectivity index (χ1n) is 7.66. The third-order valence-corrected chi connectivity index (χ3v) is 3.76. The molecule has 124 valence electrons. The second-order valence-corrected chi connectivity index (χ2v) is 5.68. The van der Waals surface area contributed by atoms with Gasteiger partial charge in [-0.25, -0.2) is 14.5 Å². The lowest BCUT2D eigenvalue weighted by Gasteiger charge is -2.06. The van der Waals surface area contributed by atoms with Crippen molar-refractivity contribution in [2.75, 3.05) is 0 Å². The Hall–Kier alpha value is -2.54. The molecule has 0 aliphatic rings. The molecule has 0 spiro atoms. The lowest BCUT2D eigenvalue weighted by molar-refractivity contribution is 0.0456. The zero-order valence-corrected chi connectivity index (χ0v) is 13.9. The van der Waals surface area contributed by atoms with Gasteiger partial charge in [-0.2, -0.15) is 0 Å². The molecule has 0 fully saturated rings. The number of benzene rings is 1. The maximum Gasteiger partial charge on any atom is 0.338 e. The number of carbonyl (C=O) groups excluding carboxylic acids is 1. The summed E-state index contributed by atoms with van der Waals surface area (Å²) >= 11 is 5.85. The molecule has 3 aromatic rings. The van der Waals surface area contributed by atoms with Crippen LogP contribution >= 0.6 is 11.6 Å². The van der Waals surface area contributed by atoms with Gasteiger partial charge in [0.05, 0.1) is 11.1 Å². The topological polar surface area (TPSA) is 82.8 Å². The molecular formula is C16H16ClN5O2. The average molecular weight is 346 g/mol. The molecule has 24 heavy (non-hydrogen) atoms. The van der Waals surface area contributed by atoms with Crippen LogP contribution in [-0.4, -0.2) is 31.2 Å². The summed E-state index contributed by atoms with van der Waals surface area (Å²) in [6, 6.07) is 8.62. The van der Waals surface area contributed by atoms with E-state index in [2.05, 4.69) is 27.4 Å². The summed E-state index contributed by atoms with van der Waals surface area (Å²) in [7, 11) is 0. The highest BCUT2D eigenvalue weighted by atomic mass is 35.5. The smallest absolute Gasteiger partial charge is 0.338 e. The van der Waals surface area contributed by atoms with Gasteiger partial charge >= 0.3 is 5.97 Å². The van der Waals surface area contributed by atoms with Gasteiger partial charge in [-0.3, -0.25) is 0 Å². The van der Waals surface area contributed by atoms with Crippen LogP contribution in [0.2, 0.25) is 5.15 Å². The van der Waals surface area contributed by atoms with Crippen molar-refractivity contribution in [3.05, 3.63) is 46.9 Å². The largest absolute Gasteiger partial charge is 0.454 e. The van der Waals surface area contributed by atoms with Gasteiger partial charge in [0.25, 0.3) is 0 Å². The van der Waals surface area contributed by atoms with Crippen LogP contribution in [0.15, 0.2) is 30.3 Å². The van der Waals surface area contributed by atoms with Gasteiger partial charge in [0.15, 0.2) is 12.4 Å². The average Bonchev–Trinajstić information content (AvgIpc) is 3.04. The van der Waals surface area contributed by atoms with Crippen LogP contribution in [0.3, 0.4) is 0 Å². The van der Waals surface area contributed by atoms with Gasteiger partial charge < -0.3 is 4.74 Å². The van der Waals surface area contributed by atoms with E-state index >= 15 is 0 Å². The highest BCUT2D eigenvalue weighted by Crippen LogP contribution is 2.18. The van der Waals surface area contributed by atoms with Crippen LogP contribution < -0.4 is 0 Å². The molecule has 8 heteroatoms. The number of unbranched alkanes of at least 4 members (excludes halogenated alkanes) is 1. The number of halogens is 1. The number of aryl methyl sites for hydroxylation is 1. The van der Waals surface area contributed by atoms with Crippen LogP contribution in [0, 0.1) is 0 Å². The molecule has 0 unspecified atom stereocenters. The van der Waals surface area contributed by atoms with Crippen molar-refractivity contribution in [2.45, 2.75) is 32.9 Å². The van der Waals surface area contributed by atoms with Gasteiger partial charge in [-0.1, -0.05) is 24.9 Å². The Balaban J connectivity index is 1.69. The fraction of sp³-hybridized carbons (Fsp3) is 0.312. The number of aromatic nitrogens is 5. The highest BCUT2D eigenvalue weighted by molar-refractivity contribution is 6.29. The summed E-state index contributed by atoms with van der Waals surface area (Å²) in [6.45, 7) is 2.83. The Labute approximate surface area is 143 Å². The summed E-state index contributed by atoms with van der Waals surface area (Å²) < 4.78 is 6.97. The zero-order valence-electron chi connectivity index (χ0n) is 13.1. The first-order chi connectivity index (χ1) is 11.7. The Kier molecular flexibility index (Phi) is 5.00. The summed E-state index contributed by atoms with van der Waals surface area (Å²) in [6.07, 6.45) is 2.00.